The van der Waals surface area contributed by atoms with Crippen molar-refractivity contribution in [3.8, 4) is 0 Å². The largest absolute Gasteiger partial charge is 0.314 e. The van der Waals surface area contributed by atoms with E-state index in [0.717, 1.165) is 6.04 Å². The van der Waals surface area contributed by atoms with Crippen LogP contribution in [0, 0.1) is 0 Å². The molecule has 0 aromatic carbocycles. The van der Waals surface area contributed by atoms with Crippen LogP contribution in [-0.2, 0) is 0 Å². The Morgan fingerprint density at radius 3 is 2.75 bits per heavy atom. The second-order valence-corrected chi connectivity index (χ2v) is 6.83. The van der Waals surface area contributed by atoms with Crippen molar-refractivity contribution in [3.63, 3.8) is 0 Å². The van der Waals surface area contributed by atoms with Crippen molar-refractivity contribution in [2.75, 3.05) is 19.3 Å². The zero-order valence-corrected chi connectivity index (χ0v) is 11.5. The topological polar surface area (TPSA) is 24.1 Å². The van der Waals surface area contributed by atoms with Crippen molar-refractivity contribution < 1.29 is 0 Å². The van der Waals surface area contributed by atoms with Gasteiger partial charge >= 0.3 is 0 Å². The summed E-state index contributed by atoms with van der Waals surface area (Å²) in [4.78, 5) is 0. The molecule has 1 saturated carbocycles. The van der Waals surface area contributed by atoms with Crippen molar-refractivity contribution in [2.45, 2.75) is 62.3 Å². The number of thioether (sulfide) groups is 1. The van der Waals surface area contributed by atoms with Crippen LogP contribution in [0.1, 0.15) is 45.4 Å². The number of hydrogen-bond donors (Lipinski definition) is 2. The van der Waals surface area contributed by atoms with E-state index in [1.807, 2.05) is 0 Å². The smallest absolute Gasteiger partial charge is 0.0281 e. The van der Waals surface area contributed by atoms with E-state index in [4.69, 9.17) is 0 Å². The molecular weight excluding hydrogens is 216 g/mol. The van der Waals surface area contributed by atoms with Gasteiger partial charge < -0.3 is 10.6 Å². The summed E-state index contributed by atoms with van der Waals surface area (Å²) in [5.41, 5.74) is 0. The molecule has 1 aliphatic heterocycles. The van der Waals surface area contributed by atoms with Crippen LogP contribution in [0.3, 0.4) is 0 Å². The van der Waals surface area contributed by atoms with Crippen molar-refractivity contribution >= 4 is 11.8 Å². The molecule has 2 N–H and O–H groups in total. The maximum Gasteiger partial charge on any atom is 0.0281 e. The second kappa shape index (κ2) is 5.74. The predicted octanol–water partition coefficient (Wildman–Crippen LogP) is 2.39. The summed E-state index contributed by atoms with van der Waals surface area (Å²) in [5, 5.41) is 7.32. The van der Waals surface area contributed by atoms with Crippen LogP contribution >= 0.6 is 11.8 Å². The van der Waals surface area contributed by atoms with Gasteiger partial charge in [0.15, 0.2) is 0 Å². The van der Waals surface area contributed by atoms with E-state index in [0.29, 0.717) is 10.8 Å². The van der Waals surface area contributed by atoms with Crippen LogP contribution in [0.2, 0.25) is 0 Å². The highest BCUT2D eigenvalue weighted by Gasteiger charge is 2.36. The molecule has 0 bridgehead atoms. The molecule has 2 aliphatic rings. The van der Waals surface area contributed by atoms with Crippen LogP contribution in [0.25, 0.3) is 0 Å². The van der Waals surface area contributed by atoms with Gasteiger partial charge in [0.2, 0.25) is 0 Å². The lowest BCUT2D eigenvalue weighted by molar-refractivity contribution is 0.322. The van der Waals surface area contributed by atoms with Gasteiger partial charge in [-0.05, 0) is 51.8 Å². The molecule has 2 atom stereocenters. The van der Waals surface area contributed by atoms with E-state index in [1.165, 1.54) is 51.6 Å². The fourth-order valence-corrected chi connectivity index (χ4v) is 3.78. The summed E-state index contributed by atoms with van der Waals surface area (Å²) in [5.74, 6) is 0. The minimum Gasteiger partial charge on any atom is -0.314 e. The Labute approximate surface area is 104 Å². The molecular formula is C13H26N2S. The Kier molecular flexibility index (Phi) is 4.57. The van der Waals surface area contributed by atoms with E-state index in [9.17, 15) is 0 Å². The van der Waals surface area contributed by atoms with Crippen molar-refractivity contribution in [1.29, 1.82) is 0 Å². The summed E-state index contributed by atoms with van der Waals surface area (Å²) in [6.07, 6.45) is 10.6. The number of hydrogen-bond acceptors (Lipinski definition) is 3. The minimum absolute atomic E-state index is 0.581. The third-order valence-electron chi connectivity index (χ3n) is 4.27. The summed E-state index contributed by atoms with van der Waals surface area (Å²) in [7, 11) is 0. The van der Waals surface area contributed by atoms with E-state index < -0.39 is 0 Å². The molecule has 0 radical (unpaired) electrons. The monoisotopic (exact) mass is 242 g/mol. The summed E-state index contributed by atoms with van der Waals surface area (Å²) >= 11 is 2.07. The molecule has 2 unspecified atom stereocenters. The van der Waals surface area contributed by atoms with Gasteiger partial charge in [-0.15, -0.1) is 0 Å². The number of nitrogens with one attached hydrogen (secondary N) is 2. The van der Waals surface area contributed by atoms with Gasteiger partial charge in [-0.3, -0.25) is 0 Å². The highest BCUT2D eigenvalue weighted by atomic mass is 32.2. The Bertz CT molecular complexity index is 204. The first-order chi connectivity index (χ1) is 7.74. The van der Waals surface area contributed by atoms with Crippen molar-refractivity contribution in [1.82, 2.24) is 10.6 Å². The summed E-state index contributed by atoms with van der Waals surface area (Å²) < 4.78 is 0.581. The fraction of sp³-hybridized carbons (Fsp3) is 1.00. The van der Waals surface area contributed by atoms with Gasteiger partial charge in [0.1, 0.15) is 0 Å². The van der Waals surface area contributed by atoms with Crippen molar-refractivity contribution in [2.24, 2.45) is 0 Å². The average molecular weight is 242 g/mol. The molecule has 2 fully saturated rings. The van der Waals surface area contributed by atoms with E-state index in [-0.39, 0.29) is 0 Å². The Balaban J connectivity index is 1.64. The third-order valence-corrected chi connectivity index (χ3v) is 5.69. The zero-order chi connectivity index (χ0) is 11.4. The first-order valence-corrected chi connectivity index (χ1v) is 7.98. The third kappa shape index (κ3) is 3.14. The lowest BCUT2D eigenvalue weighted by Crippen LogP contribution is -2.46. The molecule has 1 heterocycles. The SMILES string of the molecule is CSC1(CNC(C)CC2CCCN2)CCC1. The second-order valence-electron chi connectivity index (χ2n) is 5.55. The molecule has 2 nitrogen and oxygen atoms in total. The average Bonchev–Trinajstić information content (AvgIpc) is 2.69. The van der Waals surface area contributed by atoms with Crippen LogP contribution in [0.5, 0.6) is 0 Å². The van der Waals surface area contributed by atoms with Gasteiger partial charge in [-0.1, -0.05) is 6.42 Å². The fourth-order valence-electron chi connectivity index (χ4n) is 2.85. The molecule has 2 rings (SSSR count). The van der Waals surface area contributed by atoms with Crippen molar-refractivity contribution in [3.05, 3.63) is 0 Å². The normalized spacial score (nSPS) is 30.0. The highest BCUT2D eigenvalue weighted by molar-refractivity contribution is 8.00. The van der Waals surface area contributed by atoms with E-state index >= 15 is 0 Å². The van der Waals surface area contributed by atoms with E-state index in [1.54, 1.807) is 0 Å². The molecule has 0 amide bonds. The molecule has 1 saturated heterocycles. The summed E-state index contributed by atoms with van der Waals surface area (Å²) in [6, 6.07) is 1.44. The molecule has 1 aliphatic carbocycles. The first-order valence-electron chi connectivity index (χ1n) is 6.76. The maximum atomic E-state index is 3.74. The molecule has 0 aromatic rings. The van der Waals surface area contributed by atoms with Crippen LogP contribution in [0.15, 0.2) is 0 Å². The highest BCUT2D eigenvalue weighted by Crippen LogP contribution is 2.42. The molecule has 0 spiro atoms. The molecule has 0 aromatic heterocycles. The molecule has 16 heavy (non-hydrogen) atoms. The van der Waals surface area contributed by atoms with Gasteiger partial charge in [0.05, 0.1) is 0 Å². The van der Waals surface area contributed by atoms with Gasteiger partial charge in [0, 0.05) is 23.4 Å². The van der Waals surface area contributed by atoms with E-state index in [2.05, 4.69) is 35.6 Å². The Morgan fingerprint density at radius 2 is 2.25 bits per heavy atom. The van der Waals surface area contributed by atoms with Crippen LogP contribution in [0.4, 0.5) is 0 Å². The zero-order valence-electron chi connectivity index (χ0n) is 10.7. The standard InChI is InChI=1S/C13H26N2S/c1-11(9-12-5-3-8-14-12)15-10-13(16-2)6-4-7-13/h11-12,14-15H,3-10H2,1-2H3. The van der Waals surface area contributed by atoms with Gasteiger partial charge in [0.25, 0.3) is 0 Å². The maximum absolute atomic E-state index is 3.74. The van der Waals surface area contributed by atoms with Gasteiger partial charge in [-0.2, -0.15) is 11.8 Å². The summed E-state index contributed by atoms with van der Waals surface area (Å²) in [6.45, 7) is 4.78. The Hall–Kier alpha value is 0.270. The molecule has 94 valence electrons. The van der Waals surface area contributed by atoms with Gasteiger partial charge in [-0.25, -0.2) is 0 Å². The first kappa shape index (κ1) is 12.7. The Morgan fingerprint density at radius 1 is 1.44 bits per heavy atom. The van der Waals surface area contributed by atoms with Crippen LogP contribution < -0.4 is 10.6 Å². The van der Waals surface area contributed by atoms with Crippen LogP contribution in [-0.4, -0.2) is 36.2 Å². The molecule has 3 heteroatoms. The quantitative estimate of drug-likeness (QED) is 0.748. The number of rotatable bonds is 6. The lowest BCUT2D eigenvalue weighted by atomic mass is 9.84. The minimum atomic E-state index is 0.581. The predicted molar refractivity (Wildman–Crippen MR) is 73.2 cm³/mol. The lowest BCUT2D eigenvalue weighted by Gasteiger charge is -2.41.